The first kappa shape index (κ1) is 147. The van der Waals surface area contributed by atoms with Crippen LogP contribution >= 0.6 is 0 Å². The molecule has 0 spiro atoms. The van der Waals surface area contributed by atoms with Crippen LogP contribution in [0.15, 0.2) is 105 Å². The zero-order valence-corrected chi connectivity index (χ0v) is 91.7. The minimum Gasteiger partial charge on any atom is -0.193 e. The molecule has 27 heteroatoms. The van der Waals surface area contributed by atoms with Crippen LogP contribution in [-0.2, 0) is 86.3 Å². The fourth-order valence-corrected chi connectivity index (χ4v) is 14.1. The van der Waals surface area contributed by atoms with Crippen LogP contribution in [0.1, 0.15) is 382 Å². The minimum atomic E-state index is 0.00736. The Morgan fingerprint density at radius 2 is 0.514 bits per heavy atom. The normalized spacial score (nSPS) is 21.7. The van der Waals surface area contributed by atoms with Gasteiger partial charge in [-0.05, 0) is 241 Å². The van der Waals surface area contributed by atoms with Crippen molar-refractivity contribution in [1.82, 2.24) is 0 Å². The molecule has 142 heavy (non-hydrogen) atoms. The number of nitrogens with zero attached hydrogens (tertiary/aromatic N) is 9. The summed E-state index contributed by atoms with van der Waals surface area (Å²) in [5.74, 6) is 7.58. The molecule has 0 heterocycles. The molecule has 9 fully saturated rings. The molecule has 9 aliphatic carbocycles. The maximum absolute atomic E-state index is 9.22. The highest BCUT2D eigenvalue weighted by atomic mass is 16.3. The maximum atomic E-state index is 9.22. The van der Waals surface area contributed by atoms with E-state index in [0.29, 0.717) is 120 Å². The van der Waals surface area contributed by atoms with Crippen molar-refractivity contribution in [3.05, 3.63) is 105 Å². The Balaban J connectivity index is -0.000000194. The van der Waals surface area contributed by atoms with Crippen LogP contribution in [0.4, 0.5) is 0 Å². The van der Waals surface area contributed by atoms with E-state index < -0.39 is 0 Å². The third-order valence-corrected chi connectivity index (χ3v) is 26.1. The van der Waals surface area contributed by atoms with Crippen LogP contribution in [0.2, 0.25) is 0 Å². The van der Waals surface area contributed by atoms with Gasteiger partial charge in [0.25, 0.3) is 0 Å². The Labute approximate surface area is 851 Å². The Hall–Kier alpha value is -12.5. The van der Waals surface area contributed by atoms with Crippen LogP contribution in [-0.4, -0.2) is 55.4 Å². The lowest BCUT2D eigenvalue weighted by molar-refractivity contribution is -0.193. The van der Waals surface area contributed by atoms with Gasteiger partial charge in [0.2, 0.25) is 0 Å². The summed E-state index contributed by atoms with van der Waals surface area (Å²) in [6, 6.07) is 20.6. The van der Waals surface area contributed by atoms with Gasteiger partial charge in [0.15, 0.2) is 0 Å². The third-order valence-electron chi connectivity index (χ3n) is 26.1. The van der Waals surface area contributed by atoms with Gasteiger partial charge in [-0.3, -0.25) is 0 Å². The van der Waals surface area contributed by atoms with Crippen molar-refractivity contribution in [2.45, 2.75) is 382 Å². The molecular formula is C115H167N9O18. The molecule has 10 unspecified atom stereocenters. The van der Waals surface area contributed by atoms with E-state index >= 15 is 0 Å². The Morgan fingerprint density at radius 1 is 0.282 bits per heavy atom. The Kier molecular flexibility index (Phi) is 82.0. The highest BCUT2D eigenvalue weighted by Crippen LogP contribution is 2.59. The number of unbranched alkanes of at least 4 members (excludes halogenated alkanes) is 4. The van der Waals surface area contributed by atoms with Gasteiger partial charge < -0.3 is 0 Å². The summed E-state index contributed by atoms with van der Waals surface area (Å²) >= 11 is 0. The van der Waals surface area contributed by atoms with Gasteiger partial charge >= 0.3 is 55.4 Å². The number of rotatable bonds is 28. The molecule has 9 aliphatic rings. The van der Waals surface area contributed by atoms with Gasteiger partial charge in [0, 0.05) is 50.2 Å². The number of carbonyl (C=O) groups excluding carboxylic acids is 18. The summed E-state index contributed by atoms with van der Waals surface area (Å²) in [5, 5.41) is 79.7. The molecular weight excluding hydrogens is 1800 g/mol. The van der Waals surface area contributed by atoms with Crippen LogP contribution in [0.3, 0.4) is 0 Å². The SMILES string of the molecule is C/C(C#N)=C\C1CC1(C)C.CC(C)(C)/C(C#N)=C\C1CC1(C)C.CC(C)/C(C#N)=C\C1CC1(C)C.CC(C)C/C(C#N)=C\C1CC1(C)C.CC/C(C#N)=C\C1CC1(C)C.CCC/C(C#N)=C\C1CC1(C)C.CCCC/C(C#N)=C\C1CC1(C)C.CCCCC(CC)C/C(C#N)=C\C1CC1(C)C.CCCCC/C(C#N)=C\C1CC1(C)C.O=C=O.O=C=O.O=C=O.O=C=O.O=C=O.O=C=O.O=C=O.O=C=O.O=C=O. The van der Waals surface area contributed by atoms with E-state index in [-0.39, 0.29) is 60.8 Å². The number of allylic oxidation sites excluding steroid dienone is 18. The lowest BCUT2D eigenvalue weighted by atomic mass is 9.86. The van der Waals surface area contributed by atoms with Gasteiger partial charge in [-0.2, -0.15) is 134 Å². The molecule has 0 aromatic carbocycles. The average molecular weight is 1960 g/mol. The molecule has 27 nitrogen and oxygen atoms in total. The molecule has 0 aromatic rings. The van der Waals surface area contributed by atoms with E-state index in [1.54, 1.807) is 0 Å². The molecule has 0 N–H and O–H groups in total. The summed E-state index contributed by atoms with van der Waals surface area (Å²) in [7, 11) is 0. The summed E-state index contributed by atoms with van der Waals surface area (Å²) in [6.07, 6.45) is 50.8. The van der Waals surface area contributed by atoms with Crippen molar-refractivity contribution in [3.8, 4) is 54.6 Å². The summed E-state index contributed by atoms with van der Waals surface area (Å²) < 4.78 is 0. The van der Waals surface area contributed by atoms with Crippen LogP contribution in [0, 0.1) is 227 Å². The zero-order chi connectivity index (χ0) is 113. The highest BCUT2D eigenvalue weighted by molar-refractivity contribution is 5.34. The largest absolute Gasteiger partial charge is 0.373 e. The fourth-order valence-electron chi connectivity index (χ4n) is 14.1. The topological polar surface area (TPSA) is 521 Å². The second kappa shape index (κ2) is 79.1. The molecule has 9 saturated carbocycles. The quantitative estimate of drug-likeness (QED) is 0.0518. The van der Waals surface area contributed by atoms with E-state index in [4.69, 9.17) is 128 Å². The molecule has 0 aliphatic heterocycles. The Bertz CT molecular complexity index is 4630. The van der Waals surface area contributed by atoms with E-state index in [0.717, 1.165) is 102 Å². The number of nitriles is 9. The van der Waals surface area contributed by atoms with Crippen molar-refractivity contribution in [1.29, 1.82) is 47.4 Å². The summed E-state index contributed by atoms with van der Waals surface area (Å²) in [4.78, 5) is 146. The molecule has 0 radical (unpaired) electrons. The first-order chi connectivity index (χ1) is 65.9. The number of hydrogen-bond acceptors (Lipinski definition) is 27. The van der Waals surface area contributed by atoms with Gasteiger partial charge in [-0.1, -0.05) is 321 Å². The first-order valence-corrected chi connectivity index (χ1v) is 48.8. The van der Waals surface area contributed by atoms with Gasteiger partial charge in [-0.25, -0.2) is 0 Å². The molecule has 9 rings (SSSR count). The van der Waals surface area contributed by atoms with Crippen molar-refractivity contribution < 1.29 is 86.3 Å². The van der Waals surface area contributed by atoms with Crippen LogP contribution < -0.4 is 0 Å². The molecule has 0 amide bonds. The predicted molar refractivity (Wildman–Crippen MR) is 532 cm³/mol. The second-order valence-corrected chi connectivity index (χ2v) is 44.4. The second-order valence-electron chi connectivity index (χ2n) is 44.4. The molecule has 0 bridgehead atoms. The zero-order valence-electron chi connectivity index (χ0n) is 91.7. The smallest absolute Gasteiger partial charge is 0.193 e. The summed E-state index contributed by atoms with van der Waals surface area (Å²) in [5.41, 5.74) is 12.8. The van der Waals surface area contributed by atoms with Crippen molar-refractivity contribution >= 4 is 55.4 Å². The van der Waals surface area contributed by atoms with E-state index in [1.807, 2.05) is 13.8 Å². The molecule has 10 atom stereocenters. The van der Waals surface area contributed by atoms with E-state index in [2.05, 4.69) is 317 Å². The van der Waals surface area contributed by atoms with Crippen molar-refractivity contribution in [2.24, 2.45) is 125 Å². The standard InChI is InChI=1S/C16H27N.C13H21N.3C12H19N.2C11H17N.C10H15N.C9H13N.9CO2/c1-5-7-8-13(6-2)9-14(12-17)10-15-11-16(15,3)4;1-4-5-6-7-11(10-14)8-12-9-13(12,2)3;1-11(2,3)10(8-13)6-9-7-12(9,4)5;1-9(2)5-10(8-13)6-11-7-12(11,3)4;1-4-5-6-10(9-13)7-11-8-12(11,2)3;1-8(2)9(7-12)5-10-6-11(10,3)4;1-4-5-9(8-12)6-10-7-11(10,2)3;1-4-8(7-11)5-9-6-10(9,2)3;1-7(6-10)4-8-5-9(8,2)3;9*2-1-3/h10,13,15H,5-9,11H2,1-4H3;8,12H,4-7,9H2,1-3H3;6,9H,7H2,1-5H3;6,9,11H,5,7H2,1-4H3;7,11H,4-6,8H2,1-3H3;5,8,10H,6H2,1-4H3;6,10H,4-5,7H2,1-3H3;5,9H,4,6H2,1-3H3;4,8H,5H2,1-3H3;;;;;;;;;/b14-10+;11-8+;10-6-;10-6+;10-7+;9-5-;9-6+;8-5+;7-4+;;;;;;;;;. The fraction of sp³-hybridized carbons (Fsp3) is 0.687. The van der Waals surface area contributed by atoms with Crippen LogP contribution in [0.25, 0.3) is 0 Å². The average Bonchev–Trinajstić information content (AvgIpc) is 1.62. The summed E-state index contributed by atoms with van der Waals surface area (Å²) in [6.45, 7) is 70.3. The van der Waals surface area contributed by atoms with E-state index in [9.17, 15) is 5.26 Å². The number of hydrogen-bond donors (Lipinski definition) is 0. The van der Waals surface area contributed by atoms with Crippen molar-refractivity contribution in [3.63, 3.8) is 0 Å². The Morgan fingerprint density at radius 3 is 0.718 bits per heavy atom. The predicted octanol–water partition coefficient (Wildman–Crippen LogP) is 26.4. The minimum absolute atomic E-state index is 0.00736. The lowest BCUT2D eigenvalue weighted by Gasteiger charge is -2.17. The monoisotopic (exact) mass is 1960 g/mol. The van der Waals surface area contributed by atoms with E-state index in [1.165, 1.54) is 109 Å². The third kappa shape index (κ3) is 79.2. The van der Waals surface area contributed by atoms with Crippen LogP contribution in [0.5, 0.6) is 0 Å². The van der Waals surface area contributed by atoms with Crippen molar-refractivity contribution in [2.75, 3.05) is 0 Å². The molecule has 0 saturated heterocycles. The van der Waals surface area contributed by atoms with Gasteiger partial charge in [-0.15, -0.1) is 0 Å². The molecule has 0 aromatic heterocycles. The molecule has 780 valence electrons. The first-order valence-electron chi connectivity index (χ1n) is 48.8. The highest BCUT2D eigenvalue weighted by Gasteiger charge is 2.49. The van der Waals surface area contributed by atoms with Gasteiger partial charge in [0.1, 0.15) is 0 Å². The lowest BCUT2D eigenvalue weighted by Crippen LogP contribution is -2.08. The maximum Gasteiger partial charge on any atom is 0.373 e. The van der Waals surface area contributed by atoms with Gasteiger partial charge in [0.05, 0.1) is 54.6 Å².